The number of nitro groups is 1. The average Bonchev–Trinajstić information content (AvgIpc) is 2.54. The molecular formula is C16H14N3O5-. The molecule has 0 aliphatic carbocycles. The zero-order valence-electron chi connectivity index (χ0n) is 12.8. The van der Waals surface area contributed by atoms with Crippen LogP contribution in [0.25, 0.3) is 0 Å². The summed E-state index contributed by atoms with van der Waals surface area (Å²) in [6, 6.07) is 10.5. The van der Waals surface area contributed by atoms with E-state index in [1.165, 1.54) is 0 Å². The summed E-state index contributed by atoms with van der Waals surface area (Å²) in [5.41, 5.74) is 2.81. The van der Waals surface area contributed by atoms with Crippen molar-refractivity contribution >= 4 is 17.8 Å². The summed E-state index contributed by atoms with van der Waals surface area (Å²) in [7, 11) is 0. The number of hydrogen-bond acceptors (Lipinski definition) is 6. The number of nitrogens with zero attached hydrogens (tertiary/aromatic N) is 2. The van der Waals surface area contributed by atoms with Crippen molar-refractivity contribution in [3.05, 3.63) is 63.7 Å². The summed E-state index contributed by atoms with van der Waals surface area (Å²) in [5.74, 6) is -0.349. The Balaban J connectivity index is 1.94. The number of hydrazone groups is 1. The van der Waals surface area contributed by atoms with E-state index in [1.54, 1.807) is 12.1 Å². The first kappa shape index (κ1) is 16.9. The maximum atomic E-state index is 11.7. The molecule has 8 nitrogen and oxygen atoms in total. The zero-order chi connectivity index (χ0) is 17.5. The van der Waals surface area contributed by atoms with E-state index in [0.717, 1.165) is 30.0 Å². The topological polar surface area (TPSA) is 117 Å². The van der Waals surface area contributed by atoms with Gasteiger partial charge < -0.3 is 9.84 Å². The second-order valence-electron chi connectivity index (χ2n) is 4.83. The third-order valence-electron chi connectivity index (χ3n) is 3.04. The molecule has 0 fully saturated rings. The minimum atomic E-state index is -0.635. The van der Waals surface area contributed by atoms with Gasteiger partial charge in [0, 0.05) is 6.07 Å². The van der Waals surface area contributed by atoms with Crippen molar-refractivity contribution in [2.45, 2.75) is 6.92 Å². The smallest absolute Gasteiger partial charge is 0.278 e. The highest BCUT2D eigenvalue weighted by atomic mass is 16.6. The van der Waals surface area contributed by atoms with Gasteiger partial charge in [-0.2, -0.15) is 5.10 Å². The Morgan fingerprint density at radius 2 is 2.08 bits per heavy atom. The van der Waals surface area contributed by atoms with Gasteiger partial charge in [-0.05, 0) is 18.6 Å². The molecule has 0 saturated heterocycles. The highest BCUT2D eigenvalue weighted by Gasteiger charge is 2.10. The fourth-order valence-electron chi connectivity index (χ4n) is 1.87. The van der Waals surface area contributed by atoms with Gasteiger partial charge in [-0.25, -0.2) is 5.43 Å². The van der Waals surface area contributed by atoms with Gasteiger partial charge >= 0.3 is 0 Å². The molecule has 1 N–H and O–H groups in total. The Bertz CT molecular complexity index is 789. The zero-order valence-corrected chi connectivity index (χ0v) is 12.8. The van der Waals surface area contributed by atoms with Crippen LogP contribution in [-0.4, -0.2) is 23.7 Å². The molecule has 0 heterocycles. The van der Waals surface area contributed by atoms with Crippen molar-refractivity contribution in [1.29, 1.82) is 0 Å². The molecule has 1 amide bonds. The van der Waals surface area contributed by atoms with E-state index < -0.39 is 16.6 Å². The fourth-order valence-corrected chi connectivity index (χ4v) is 1.87. The Labute approximate surface area is 137 Å². The van der Waals surface area contributed by atoms with Gasteiger partial charge in [-0.3, -0.25) is 14.9 Å². The number of ether oxygens (including phenoxy) is 1. The van der Waals surface area contributed by atoms with Gasteiger partial charge in [-0.15, -0.1) is 5.75 Å². The maximum absolute atomic E-state index is 11.7. The summed E-state index contributed by atoms with van der Waals surface area (Å²) in [6.07, 6.45) is 1.05. The Hall–Kier alpha value is -3.42. The predicted octanol–water partition coefficient (Wildman–Crippen LogP) is 1.51. The third kappa shape index (κ3) is 4.54. The van der Waals surface area contributed by atoms with Gasteiger partial charge in [0.15, 0.2) is 6.61 Å². The van der Waals surface area contributed by atoms with E-state index in [9.17, 15) is 20.0 Å². The second kappa shape index (κ2) is 7.73. The van der Waals surface area contributed by atoms with Crippen LogP contribution in [0.5, 0.6) is 11.5 Å². The van der Waals surface area contributed by atoms with Crippen LogP contribution in [0.2, 0.25) is 0 Å². The standard InChI is InChI=1S/C16H15N3O5/c1-11-4-2-3-5-15(11)24-10-16(21)18-17-9-12-8-13(20)6-7-14(12)19(22)23/h2-9,20H,10H2,1H3,(H,18,21)/p-1/b17-9-. The van der Waals surface area contributed by atoms with Crippen LogP contribution >= 0.6 is 0 Å². The van der Waals surface area contributed by atoms with Gasteiger partial charge in [-0.1, -0.05) is 30.3 Å². The molecular weight excluding hydrogens is 314 g/mol. The molecule has 0 aromatic heterocycles. The van der Waals surface area contributed by atoms with E-state index in [4.69, 9.17) is 4.74 Å². The molecule has 0 aliphatic rings. The number of carbonyl (C=O) groups is 1. The summed E-state index contributed by atoms with van der Waals surface area (Å²) >= 11 is 0. The van der Waals surface area contributed by atoms with E-state index in [-0.39, 0.29) is 17.9 Å². The number of hydrogen-bond donors (Lipinski definition) is 1. The quantitative estimate of drug-likeness (QED) is 0.490. The Kier molecular flexibility index (Phi) is 5.45. The Morgan fingerprint density at radius 1 is 1.33 bits per heavy atom. The third-order valence-corrected chi connectivity index (χ3v) is 3.04. The maximum Gasteiger partial charge on any atom is 0.278 e. The van der Waals surface area contributed by atoms with E-state index >= 15 is 0 Å². The van der Waals surface area contributed by atoms with Gasteiger partial charge in [0.25, 0.3) is 11.6 Å². The number of carbonyl (C=O) groups excluding carboxylic acids is 1. The van der Waals surface area contributed by atoms with Crippen molar-refractivity contribution in [1.82, 2.24) is 5.43 Å². The Morgan fingerprint density at radius 3 is 2.79 bits per heavy atom. The number of rotatable bonds is 6. The molecule has 0 spiro atoms. The van der Waals surface area contributed by atoms with Crippen LogP contribution in [0, 0.1) is 17.0 Å². The molecule has 0 radical (unpaired) electrons. The van der Waals surface area contributed by atoms with Crippen LogP contribution in [0.15, 0.2) is 47.6 Å². The summed E-state index contributed by atoms with van der Waals surface area (Å²) in [5, 5.41) is 25.7. The lowest BCUT2D eigenvalue weighted by atomic mass is 10.2. The molecule has 2 aromatic rings. The molecule has 0 aliphatic heterocycles. The minimum Gasteiger partial charge on any atom is -0.872 e. The normalized spacial score (nSPS) is 10.5. The minimum absolute atomic E-state index is 0.00706. The highest BCUT2D eigenvalue weighted by Crippen LogP contribution is 2.20. The van der Waals surface area contributed by atoms with Crippen LogP contribution in [-0.2, 0) is 4.79 Å². The second-order valence-corrected chi connectivity index (χ2v) is 4.83. The summed E-state index contributed by atoms with van der Waals surface area (Å²) < 4.78 is 5.34. The molecule has 0 atom stereocenters. The van der Waals surface area contributed by atoms with Crippen LogP contribution in [0.1, 0.15) is 11.1 Å². The van der Waals surface area contributed by atoms with E-state index in [1.807, 2.05) is 19.1 Å². The highest BCUT2D eigenvalue weighted by molar-refractivity contribution is 5.87. The van der Waals surface area contributed by atoms with Crippen molar-refractivity contribution in [3.63, 3.8) is 0 Å². The first-order valence-electron chi connectivity index (χ1n) is 6.93. The number of nitro benzene ring substituents is 1. The molecule has 0 unspecified atom stereocenters. The van der Waals surface area contributed by atoms with Crippen molar-refractivity contribution < 1.29 is 19.6 Å². The van der Waals surface area contributed by atoms with Gasteiger partial charge in [0.2, 0.25) is 0 Å². The van der Waals surface area contributed by atoms with Crippen LogP contribution < -0.4 is 15.3 Å². The largest absolute Gasteiger partial charge is 0.872 e. The average molecular weight is 328 g/mol. The molecule has 24 heavy (non-hydrogen) atoms. The number of nitrogens with one attached hydrogen (secondary N) is 1. The van der Waals surface area contributed by atoms with Crippen LogP contribution in [0.3, 0.4) is 0 Å². The number of amides is 1. The van der Waals surface area contributed by atoms with Crippen molar-refractivity contribution in [2.24, 2.45) is 5.10 Å². The first-order valence-corrected chi connectivity index (χ1v) is 6.93. The predicted molar refractivity (Wildman–Crippen MR) is 85.0 cm³/mol. The summed E-state index contributed by atoms with van der Waals surface area (Å²) in [6.45, 7) is 1.59. The molecule has 8 heteroatoms. The lowest BCUT2D eigenvalue weighted by molar-refractivity contribution is -0.385. The number of para-hydroxylation sites is 1. The molecule has 0 bridgehead atoms. The van der Waals surface area contributed by atoms with Crippen molar-refractivity contribution in [3.8, 4) is 11.5 Å². The lowest BCUT2D eigenvalue weighted by Gasteiger charge is -2.07. The fraction of sp³-hybridized carbons (Fsp3) is 0.125. The molecule has 0 saturated carbocycles. The number of aryl methyl sites for hydroxylation is 1. The molecule has 2 rings (SSSR count). The first-order chi connectivity index (χ1) is 11.5. The molecule has 124 valence electrons. The SMILES string of the molecule is Cc1ccccc1OCC(=O)N/N=C\c1cc([O-])ccc1[N+](=O)[O-]. The van der Waals surface area contributed by atoms with Crippen molar-refractivity contribution in [2.75, 3.05) is 6.61 Å². The summed E-state index contributed by atoms with van der Waals surface area (Å²) in [4.78, 5) is 21.9. The van der Waals surface area contributed by atoms with E-state index in [0.29, 0.717) is 5.75 Å². The molecule has 2 aromatic carbocycles. The van der Waals surface area contributed by atoms with Crippen LogP contribution in [0.4, 0.5) is 5.69 Å². The number of benzene rings is 2. The monoisotopic (exact) mass is 328 g/mol. The van der Waals surface area contributed by atoms with Gasteiger partial charge in [0.1, 0.15) is 5.75 Å². The van der Waals surface area contributed by atoms with Gasteiger partial charge in [0.05, 0.1) is 16.7 Å². The van der Waals surface area contributed by atoms with E-state index in [2.05, 4.69) is 10.5 Å². The lowest BCUT2D eigenvalue weighted by Crippen LogP contribution is -2.24.